The van der Waals surface area contributed by atoms with E-state index in [4.69, 9.17) is 0 Å². The van der Waals surface area contributed by atoms with Crippen molar-refractivity contribution < 1.29 is 9.18 Å². The molecule has 1 N–H and O–H groups in total. The number of halogens is 1. The lowest BCUT2D eigenvalue weighted by Gasteiger charge is -2.28. The Kier molecular flexibility index (Phi) is 5.20. The number of nitrogens with zero attached hydrogens (tertiary/aromatic N) is 2. The molecule has 0 bridgehead atoms. The number of amides is 1. The summed E-state index contributed by atoms with van der Waals surface area (Å²) >= 11 is 0. The van der Waals surface area contributed by atoms with E-state index in [1.807, 2.05) is 31.3 Å². The molecular weight excluding hydrogens is 305 g/mol. The molecule has 1 fully saturated rings. The van der Waals surface area contributed by atoms with Crippen molar-refractivity contribution in [2.24, 2.45) is 5.92 Å². The molecule has 1 aliphatic carbocycles. The van der Waals surface area contributed by atoms with Gasteiger partial charge < -0.3 is 5.32 Å². The van der Waals surface area contributed by atoms with Gasteiger partial charge in [0.2, 0.25) is 5.91 Å². The van der Waals surface area contributed by atoms with E-state index in [2.05, 4.69) is 15.2 Å². The molecule has 4 nitrogen and oxygen atoms in total. The number of carbonyl (C=O) groups is 1. The van der Waals surface area contributed by atoms with Gasteiger partial charge in [0.05, 0.1) is 6.54 Å². The normalized spacial score (nSPS) is 15.3. The minimum absolute atomic E-state index is 0.0193. The number of hydrogen-bond acceptors (Lipinski definition) is 3. The second-order valence-electron chi connectivity index (χ2n) is 6.39. The molecule has 0 radical (unpaired) electrons. The summed E-state index contributed by atoms with van der Waals surface area (Å²) < 4.78 is 13.2. The van der Waals surface area contributed by atoms with E-state index in [0.717, 1.165) is 24.0 Å². The van der Waals surface area contributed by atoms with Gasteiger partial charge in [0.15, 0.2) is 0 Å². The third-order valence-electron chi connectivity index (χ3n) is 4.36. The van der Waals surface area contributed by atoms with Gasteiger partial charge in [-0.2, -0.15) is 0 Å². The van der Waals surface area contributed by atoms with Crippen molar-refractivity contribution in [2.75, 3.05) is 13.6 Å². The molecule has 3 rings (SSSR count). The molecule has 0 aliphatic heterocycles. The van der Waals surface area contributed by atoms with E-state index in [0.29, 0.717) is 19.0 Å². The lowest BCUT2D eigenvalue weighted by atomic mass is 10.0. The summed E-state index contributed by atoms with van der Waals surface area (Å²) in [4.78, 5) is 18.3. The van der Waals surface area contributed by atoms with Gasteiger partial charge in [-0.1, -0.05) is 18.2 Å². The van der Waals surface area contributed by atoms with E-state index in [1.165, 1.54) is 12.1 Å². The Labute approximate surface area is 141 Å². The number of hydrogen-bond donors (Lipinski definition) is 1. The van der Waals surface area contributed by atoms with Crippen LogP contribution >= 0.6 is 0 Å². The zero-order chi connectivity index (χ0) is 16.9. The fourth-order valence-electron chi connectivity index (χ4n) is 3.04. The maximum atomic E-state index is 13.2. The minimum Gasteiger partial charge on any atom is -0.351 e. The van der Waals surface area contributed by atoms with Gasteiger partial charge in [-0.05, 0) is 55.1 Å². The highest BCUT2D eigenvalue weighted by Crippen LogP contribution is 2.43. The van der Waals surface area contributed by atoms with Gasteiger partial charge in [-0.3, -0.25) is 14.7 Å². The van der Waals surface area contributed by atoms with Crippen molar-refractivity contribution in [2.45, 2.75) is 25.4 Å². The maximum absolute atomic E-state index is 13.2. The Balaban J connectivity index is 1.58. The first-order valence-corrected chi connectivity index (χ1v) is 8.25. The van der Waals surface area contributed by atoms with Crippen LogP contribution in [0.25, 0.3) is 0 Å². The van der Waals surface area contributed by atoms with E-state index in [9.17, 15) is 9.18 Å². The Morgan fingerprint density at radius 1 is 1.33 bits per heavy atom. The van der Waals surface area contributed by atoms with Crippen LogP contribution in [0.4, 0.5) is 4.39 Å². The first-order valence-electron chi connectivity index (χ1n) is 8.25. The van der Waals surface area contributed by atoms with Crippen LogP contribution in [0.15, 0.2) is 48.8 Å². The van der Waals surface area contributed by atoms with Gasteiger partial charge in [0, 0.05) is 25.0 Å². The molecule has 24 heavy (non-hydrogen) atoms. The lowest BCUT2D eigenvalue weighted by molar-refractivity contribution is -0.122. The summed E-state index contributed by atoms with van der Waals surface area (Å²) in [6.45, 7) is 0.796. The smallest absolute Gasteiger partial charge is 0.234 e. The van der Waals surface area contributed by atoms with Gasteiger partial charge in [-0.25, -0.2) is 4.39 Å². The first-order chi connectivity index (χ1) is 11.6. The quantitative estimate of drug-likeness (QED) is 0.850. The summed E-state index contributed by atoms with van der Waals surface area (Å²) in [5, 5.41) is 2.92. The Morgan fingerprint density at radius 2 is 2.08 bits per heavy atom. The van der Waals surface area contributed by atoms with Crippen molar-refractivity contribution in [3.8, 4) is 0 Å². The number of pyridine rings is 1. The van der Waals surface area contributed by atoms with E-state index < -0.39 is 0 Å². The van der Waals surface area contributed by atoms with Gasteiger partial charge >= 0.3 is 0 Å². The standard InChI is InChI=1S/C19H22FN3O/c1-23(13-18(24)22-12-14-3-2-10-21-11-14)19(15-4-5-15)16-6-8-17(20)9-7-16/h2-3,6-11,15,19H,4-5,12-13H2,1H3,(H,22,24)/t19-/m1/s1. The second kappa shape index (κ2) is 7.53. The lowest BCUT2D eigenvalue weighted by Crippen LogP contribution is -2.37. The van der Waals surface area contributed by atoms with Crippen LogP contribution in [0.5, 0.6) is 0 Å². The van der Waals surface area contributed by atoms with Crippen molar-refractivity contribution >= 4 is 5.91 Å². The van der Waals surface area contributed by atoms with E-state index >= 15 is 0 Å². The number of carbonyl (C=O) groups excluding carboxylic acids is 1. The van der Waals surface area contributed by atoms with Crippen molar-refractivity contribution in [3.63, 3.8) is 0 Å². The number of nitrogens with one attached hydrogen (secondary N) is 1. The van der Waals surface area contributed by atoms with Crippen LogP contribution in [0.2, 0.25) is 0 Å². The molecule has 1 aromatic heterocycles. The molecule has 1 atom stereocenters. The predicted molar refractivity (Wildman–Crippen MR) is 90.6 cm³/mol. The minimum atomic E-state index is -0.231. The van der Waals surface area contributed by atoms with Gasteiger partial charge in [-0.15, -0.1) is 0 Å². The Morgan fingerprint density at radius 3 is 2.71 bits per heavy atom. The third kappa shape index (κ3) is 4.38. The summed E-state index contributed by atoms with van der Waals surface area (Å²) in [6, 6.07) is 10.6. The molecular formula is C19H22FN3O. The SMILES string of the molecule is CN(CC(=O)NCc1cccnc1)[C@@H](c1ccc(F)cc1)C1CC1. The predicted octanol–water partition coefficient (Wildman–Crippen LogP) is 2.92. The Hall–Kier alpha value is -2.27. The maximum Gasteiger partial charge on any atom is 0.234 e. The van der Waals surface area contributed by atoms with Crippen molar-refractivity contribution in [1.82, 2.24) is 15.2 Å². The van der Waals surface area contributed by atoms with E-state index in [-0.39, 0.29) is 17.8 Å². The topological polar surface area (TPSA) is 45.2 Å². The second-order valence-corrected chi connectivity index (χ2v) is 6.39. The van der Waals surface area contributed by atoms with Gasteiger partial charge in [0.25, 0.3) is 0 Å². The Bertz CT molecular complexity index is 671. The van der Waals surface area contributed by atoms with Crippen LogP contribution in [-0.4, -0.2) is 29.4 Å². The number of likely N-dealkylation sites (N-methyl/N-ethyl adjacent to an activating group) is 1. The molecule has 0 spiro atoms. The summed E-state index contributed by atoms with van der Waals surface area (Å²) in [5.41, 5.74) is 2.05. The molecule has 1 saturated carbocycles. The average molecular weight is 327 g/mol. The van der Waals surface area contributed by atoms with Crippen LogP contribution in [0.1, 0.15) is 30.0 Å². The molecule has 5 heteroatoms. The summed E-state index contributed by atoms with van der Waals surface area (Å²) in [6.07, 6.45) is 5.77. The molecule has 126 valence electrons. The van der Waals surface area contributed by atoms with Crippen LogP contribution < -0.4 is 5.32 Å². The fourth-order valence-corrected chi connectivity index (χ4v) is 3.04. The highest BCUT2D eigenvalue weighted by atomic mass is 19.1. The van der Waals surface area contributed by atoms with Crippen LogP contribution in [0, 0.1) is 11.7 Å². The zero-order valence-corrected chi connectivity index (χ0v) is 13.8. The number of rotatable bonds is 7. The summed E-state index contributed by atoms with van der Waals surface area (Å²) in [5.74, 6) is 0.297. The van der Waals surface area contributed by atoms with Gasteiger partial charge in [0.1, 0.15) is 5.82 Å². The fraction of sp³-hybridized carbons (Fsp3) is 0.368. The average Bonchev–Trinajstić information content (AvgIpc) is 3.41. The van der Waals surface area contributed by atoms with Crippen LogP contribution in [-0.2, 0) is 11.3 Å². The molecule has 0 saturated heterocycles. The number of aromatic nitrogens is 1. The van der Waals surface area contributed by atoms with Crippen molar-refractivity contribution in [1.29, 1.82) is 0 Å². The molecule has 1 heterocycles. The summed E-state index contributed by atoms with van der Waals surface area (Å²) in [7, 11) is 1.95. The molecule has 1 aromatic carbocycles. The number of benzene rings is 1. The first kappa shape index (κ1) is 16.6. The molecule has 1 aliphatic rings. The van der Waals surface area contributed by atoms with Crippen molar-refractivity contribution in [3.05, 3.63) is 65.7 Å². The third-order valence-corrected chi connectivity index (χ3v) is 4.36. The highest BCUT2D eigenvalue weighted by molar-refractivity contribution is 5.78. The highest BCUT2D eigenvalue weighted by Gasteiger charge is 2.35. The van der Waals surface area contributed by atoms with E-state index in [1.54, 1.807) is 12.4 Å². The molecule has 1 amide bonds. The monoisotopic (exact) mass is 327 g/mol. The zero-order valence-electron chi connectivity index (χ0n) is 13.8. The molecule has 2 aromatic rings. The largest absolute Gasteiger partial charge is 0.351 e. The molecule has 0 unspecified atom stereocenters. The van der Waals surface area contributed by atoms with Crippen LogP contribution in [0.3, 0.4) is 0 Å².